The Balaban J connectivity index is 1.91. The maximum absolute atomic E-state index is 12.5. The van der Waals surface area contributed by atoms with Crippen LogP contribution < -0.4 is 16.2 Å². The zero-order chi connectivity index (χ0) is 13.4. The van der Waals surface area contributed by atoms with Crippen LogP contribution in [-0.4, -0.2) is 28.9 Å². The highest BCUT2D eigenvalue weighted by Gasteiger charge is 2.26. The summed E-state index contributed by atoms with van der Waals surface area (Å²) < 4.78 is 1.55. The molecule has 0 unspecified atom stereocenters. The second-order valence-electron chi connectivity index (χ2n) is 5.62. The molecule has 1 aromatic heterocycles. The van der Waals surface area contributed by atoms with Gasteiger partial charge in [0.25, 0.3) is 5.56 Å². The molecule has 0 radical (unpaired) electrons. The summed E-state index contributed by atoms with van der Waals surface area (Å²) in [5.74, 6) is 0.614. The minimum Gasteiger partial charge on any atom is -0.364 e. The van der Waals surface area contributed by atoms with Crippen molar-refractivity contribution in [2.45, 2.75) is 38.3 Å². The van der Waals surface area contributed by atoms with E-state index in [4.69, 9.17) is 17.3 Å². The van der Waals surface area contributed by atoms with E-state index in [2.05, 4.69) is 5.10 Å². The zero-order valence-electron chi connectivity index (χ0n) is 10.9. The van der Waals surface area contributed by atoms with Gasteiger partial charge in [0.2, 0.25) is 0 Å². The highest BCUT2D eigenvalue weighted by atomic mass is 35.5. The molecule has 19 heavy (non-hydrogen) atoms. The lowest BCUT2D eigenvalue weighted by Crippen LogP contribution is -2.45. The van der Waals surface area contributed by atoms with Crippen LogP contribution >= 0.6 is 11.6 Å². The zero-order valence-corrected chi connectivity index (χ0v) is 11.6. The van der Waals surface area contributed by atoms with E-state index in [1.54, 1.807) is 10.9 Å². The molecule has 1 aliphatic carbocycles. The fraction of sp³-hybridized carbons (Fsp3) is 0.692. The average molecular weight is 283 g/mol. The Labute approximate surface area is 117 Å². The number of hydrogen-bond donors (Lipinski definition) is 1. The highest BCUT2D eigenvalue weighted by molar-refractivity contribution is 6.33. The van der Waals surface area contributed by atoms with Gasteiger partial charge in [0.1, 0.15) is 5.69 Å². The van der Waals surface area contributed by atoms with Crippen LogP contribution in [-0.2, 0) is 6.54 Å². The Kier molecular flexibility index (Phi) is 3.50. The number of rotatable bonds is 3. The van der Waals surface area contributed by atoms with E-state index in [0.29, 0.717) is 29.7 Å². The fourth-order valence-electron chi connectivity index (χ4n) is 2.63. The summed E-state index contributed by atoms with van der Waals surface area (Å²) >= 11 is 6.18. The molecule has 104 valence electrons. The molecule has 6 heteroatoms. The third-order valence-electron chi connectivity index (χ3n) is 3.88. The van der Waals surface area contributed by atoms with Gasteiger partial charge in [0.15, 0.2) is 0 Å². The molecule has 1 aliphatic heterocycles. The Morgan fingerprint density at radius 3 is 2.89 bits per heavy atom. The summed E-state index contributed by atoms with van der Waals surface area (Å²) in [5.41, 5.74) is 6.48. The van der Waals surface area contributed by atoms with Crippen molar-refractivity contribution in [3.63, 3.8) is 0 Å². The van der Waals surface area contributed by atoms with Crippen molar-refractivity contribution >= 4 is 17.3 Å². The Morgan fingerprint density at radius 1 is 1.42 bits per heavy atom. The van der Waals surface area contributed by atoms with Crippen LogP contribution in [0.4, 0.5) is 5.69 Å². The topological polar surface area (TPSA) is 64.2 Å². The third kappa shape index (κ3) is 2.77. The van der Waals surface area contributed by atoms with Crippen LogP contribution in [0.1, 0.15) is 25.7 Å². The standard InChI is InChI=1S/C13H19ClN4O/c14-11-6-16-18(7-9-3-4-9)13(19)12(11)17-5-1-2-10(15)8-17/h6,9-10H,1-5,7-8,15H2/t10-/m1/s1. The Hall–Kier alpha value is -1.07. The van der Waals surface area contributed by atoms with Gasteiger partial charge in [-0.25, -0.2) is 4.68 Å². The first kappa shape index (κ1) is 12.9. The van der Waals surface area contributed by atoms with Crippen LogP contribution in [0.15, 0.2) is 11.0 Å². The molecule has 2 aliphatic rings. The van der Waals surface area contributed by atoms with Crippen molar-refractivity contribution < 1.29 is 0 Å². The minimum absolute atomic E-state index is 0.0755. The minimum atomic E-state index is -0.0755. The van der Waals surface area contributed by atoms with E-state index in [9.17, 15) is 4.79 Å². The first-order valence-electron chi connectivity index (χ1n) is 6.91. The normalized spacial score (nSPS) is 23.7. The molecular formula is C13H19ClN4O. The summed E-state index contributed by atoms with van der Waals surface area (Å²) in [6.07, 6.45) is 5.99. The molecule has 2 fully saturated rings. The van der Waals surface area contributed by atoms with Gasteiger partial charge in [0.05, 0.1) is 11.2 Å². The van der Waals surface area contributed by atoms with Gasteiger partial charge in [-0.1, -0.05) is 11.6 Å². The number of anilines is 1. The van der Waals surface area contributed by atoms with Crippen molar-refractivity contribution in [2.24, 2.45) is 11.7 Å². The van der Waals surface area contributed by atoms with Crippen LogP contribution in [0, 0.1) is 5.92 Å². The monoisotopic (exact) mass is 282 g/mol. The molecule has 0 aromatic carbocycles. The Morgan fingerprint density at radius 2 is 2.21 bits per heavy atom. The molecule has 1 aromatic rings. The largest absolute Gasteiger partial charge is 0.364 e. The van der Waals surface area contributed by atoms with Gasteiger partial charge in [0, 0.05) is 25.7 Å². The highest BCUT2D eigenvalue weighted by Crippen LogP contribution is 2.30. The second-order valence-corrected chi connectivity index (χ2v) is 6.03. The van der Waals surface area contributed by atoms with Crippen molar-refractivity contribution in [2.75, 3.05) is 18.0 Å². The van der Waals surface area contributed by atoms with Gasteiger partial charge in [-0.05, 0) is 31.6 Å². The van der Waals surface area contributed by atoms with Crippen molar-refractivity contribution in [1.82, 2.24) is 9.78 Å². The lowest BCUT2D eigenvalue weighted by Gasteiger charge is -2.32. The third-order valence-corrected chi connectivity index (χ3v) is 4.15. The van der Waals surface area contributed by atoms with Gasteiger partial charge in [-0.3, -0.25) is 4.79 Å². The number of hydrogen-bond acceptors (Lipinski definition) is 4. The van der Waals surface area contributed by atoms with E-state index >= 15 is 0 Å². The van der Waals surface area contributed by atoms with Crippen molar-refractivity contribution in [3.05, 3.63) is 21.6 Å². The number of nitrogens with two attached hydrogens (primary N) is 1. The lowest BCUT2D eigenvalue weighted by atomic mass is 10.1. The molecule has 1 atom stereocenters. The summed E-state index contributed by atoms with van der Waals surface area (Å²) in [6, 6.07) is 0.120. The summed E-state index contributed by atoms with van der Waals surface area (Å²) in [5, 5.41) is 4.58. The van der Waals surface area contributed by atoms with Gasteiger partial charge >= 0.3 is 0 Å². The second kappa shape index (κ2) is 5.13. The van der Waals surface area contributed by atoms with E-state index in [0.717, 1.165) is 19.4 Å². The predicted octanol–water partition coefficient (Wildman–Crippen LogP) is 1.23. The molecule has 1 saturated heterocycles. The first-order chi connectivity index (χ1) is 9.15. The molecule has 0 spiro atoms. The summed E-state index contributed by atoms with van der Waals surface area (Å²) in [7, 11) is 0. The lowest BCUT2D eigenvalue weighted by molar-refractivity contribution is 0.495. The molecule has 2 heterocycles. The van der Waals surface area contributed by atoms with Gasteiger partial charge in [-0.2, -0.15) is 5.10 Å². The fourth-order valence-corrected chi connectivity index (χ4v) is 2.88. The van der Waals surface area contributed by atoms with Crippen molar-refractivity contribution in [1.29, 1.82) is 0 Å². The summed E-state index contributed by atoms with van der Waals surface area (Å²) in [6.45, 7) is 2.25. The first-order valence-corrected chi connectivity index (χ1v) is 7.29. The molecule has 2 N–H and O–H groups in total. The van der Waals surface area contributed by atoms with Gasteiger partial charge < -0.3 is 10.6 Å². The van der Waals surface area contributed by atoms with E-state index in [1.165, 1.54) is 12.8 Å². The number of nitrogens with zero attached hydrogens (tertiary/aromatic N) is 3. The quantitative estimate of drug-likeness (QED) is 0.906. The van der Waals surface area contributed by atoms with E-state index in [-0.39, 0.29) is 11.6 Å². The molecule has 5 nitrogen and oxygen atoms in total. The van der Waals surface area contributed by atoms with E-state index in [1.807, 2.05) is 4.90 Å². The van der Waals surface area contributed by atoms with Crippen molar-refractivity contribution in [3.8, 4) is 0 Å². The average Bonchev–Trinajstić information content (AvgIpc) is 3.17. The molecule has 0 bridgehead atoms. The number of halogens is 1. The smallest absolute Gasteiger partial charge is 0.291 e. The molecular weight excluding hydrogens is 264 g/mol. The van der Waals surface area contributed by atoms with Crippen LogP contribution in [0.25, 0.3) is 0 Å². The maximum atomic E-state index is 12.5. The summed E-state index contributed by atoms with van der Waals surface area (Å²) in [4.78, 5) is 14.5. The molecule has 0 amide bonds. The van der Waals surface area contributed by atoms with E-state index < -0.39 is 0 Å². The van der Waals surface area contributed by atoms with Gasteiger partial charge in [-0.15, -0.1) is 0 Å². The molecule has 3 rings (SSSR count). The Bertz CT molecular complexity index is 526. The number of aromatic nitrogens is 2. The molecule has 1 saturated carbocycles. The number of piperidine rings is 1. The van der Waals surface area contributed by atoms with Crippen LogP contribution in [0.2, 0.25) is 5.02 Å². The van der Waals surface area contributed by atoms with Crippen LogP contribution in [0.5, 0.6) is 0 Å². The SMILES string of the molecule is N[C@@H]1CCCN(c2c(Cl)cnn(CC3CC3)c2=O)C1. The van der Waals surface area contributed by atoms with Crippen LogP contribution in [0.3, 0.4) is 0 Å². The maximum Gasteiger partial charge on any atom is 0.291 e. The predicted molar refractivity (Wildman–Crippen MR) is 75.7 cm³/mol.